The first-order valence-corrected chi connectivity index (χ1v) is 3.96. The lowest BCUT2D eigenvalue weighted by molar-refractivity contribution is 0.607. The van der Waals surface area contributed by atoms with Gasteiger partial charge in [-0.3, -0.25) is 4.98 Å². The van der Waals surface area contributed by atoms with Gasteiger partial charge in [-0.15, -0.1) is 0 Å². The first-order valence-electron chi connectivity index (χ1n) is 3.96. The average molecular weight is 165 g/mol. The van der Waals surface area contributed by atoms with Crippen molar-refractivity contribution in [2.75, 3.05) is 0 Å². The molecule has 1 rings (SSSR count). The zero-order chi connectivity index (χ0) is 8.97. The Hall–Kier alpha value is -1.18. The maximum Gasteiger partial charge on any atom is 0.145 e. The van der Waals surface area contributed by atoms with Crippen LogP contribution in [0.1, 0.15) is 18.2 Å². The van der Waals surface area contributed by atoms with Crippen LogP contribution in [0.15, 0.2) is 24.4 Å². The van der Waals surface area contributed by atoms with Crippen LogP contribution in [0.3, 0.4) is 0 Å². The van der Waals surface area contributed by atoms with Gasteiger partial charge in [0.25, 0.3) is 0 Å². The molecule has 0 aliphatic rings. The van der Waals surface area contributed by atoms with Crippen LogP contribution in [-0.2, 0) is 6.42 Å². The van der Waals surface area contributed by atoms with Crippen LogP contribution in [-0.4, -0.2) is 4.98 Å². The lowest BCUT2D eigenvalue weighted by Gasteiger charge is -1.99. The molecule has 0 saturated carbocycles. The Morgan fingerprint density at radius 1 is 1.58 bits per heavy atom. The van der Waals surface area contributed by atoms with Gasteiger partial charge in [0.15, 0.2) is 0 Å². The fraction of sp³-hybridized carbons (Fsp3) is 0.300. The molecule has 0 radical (unpaired) electrons. The SMILES string of the molecule is C/C=C/Cc1cc(C)ncc1F. The highest BCUT2D eigenvalue weighted by atomic mass is 19.1. The number of hydrogen-bond donors (Lipinski definition) is 0. The largest absolute Gasteiger partial charge is 0.259 e. The summed E-state index contributed by atoms with van der Waals surface area (Å²) in [6.07, 6.45) is 5.76. The van der Waals surface area contributed by atoms with Gasteiger partial charge in [0.1, 0.15) is 5.82 Å². The first kappa shape index (κ1) is 8.91. The lowest BCUT2D eigenvalue weighted by Crippen LogP contribution is -1.91. The van der Waals surface area contributed by atoms with Crippen molar-refractivity contribution < 1.29 is 4.39 Å². The van der Waals surface area contributed by atoms with Gasteiger partial charge >= 0.3 is 0 Å². The van der Waals surface area contributed by atoms with Crippen molar-refractivity contribution in [1.82, 2.24) is 4.98 Å². The van der Waals surface area contributed by atoms with E-state index in [1.54, 1.807) is 6.07 Å². The maximum absolute atomic E-state index is 13.0. The van der Waals surface area contributed by atoms with Crippen molar-refractivity contribution >= 4 is 0 Å². The van der Waals surface area contributed by atoms with E-state index < -0.39 is 0 Å². The van der Waals surface area contributed by atoms with Gasteiger partial charge in [0, 0.05) is 5.69 Å². The van der Waals surface area contributed by atoms with Crippen molar-refractivity contribution in [3.63, 3.8) is 0 Å². The van der Waals surface area contributed by atoms with Crippen molar-refractivity contribution in [2.24, 2.45) is 0 Å². The molecule has 2 heteroatoms. The number of aryl methyl sites for hydroxylation is 1. The first-order chi connectivity index (χ1) is 5.74. The molecule has 0 saturated heterocycles. The summed E-state index contributed by atoms with van der Waals surface area (Å²) < 4.78 is 13.0. The molecule has 1 aromatic rings. The van der Waals surface area contributed by atoms with Gasteiger partial charge in [0.05, 0.1) is 6.20 Å². The number of pyridine rings is 1. The van der Waals surface area contributed by atoms with E-state index in [4.69, 9.17) is 0 Å². The van der Waals surface area contributed by atoms with Crippen molar-refractivity contribution in [3.05, 3.63) is 41.5 Å². The van der Waals surface area contributed by atoms with Crippen molar-refractivity contribution in [1.29, 1.82) is 0 Å². The molecule has 0 aliphatic heterocycles. The minimum Gasteiger partial charge on any atom is -0.259 e. The summed E-state index contributed by atoms with van der Waals surface area (Å²) in [7, 11) is 0. The number of allylic oxidation sites excluding steroid dienone is 2. The van der Waals surface area contributed by atoms with Crippen LogP contribution in [0.25, 0.3) is 0 Å². The second-order valence-electron chi connectivity index (χ2n) is 2.69. The molecule has 0 N–H and O–H groups in total. The molecule has 1 aromatic heterocycles. The second kappa shape index (κ2) is 4.00. The van der Waals surface area contributed by atoms with Crippen LogP contribution in [0.2, 0.25) is 0 Å². The molecule has 0 unspecified atom stereocenters. The summed E-state index contributed by atoms with van der Waals surface area (Å²) in [5.41, 5.74) is 1.57. The van der Waals surface area contributed by atoms with E-state index in [2.05, 4.69) is 4.98 Å². The highest BCUT2D eigenvalue weighted by molar-refractivity contribution is 5.19. The van der Waals surface area contributed by atoms with E-state index in [0.717, 1.165) is 5.69 Å². The highest BCUT2D eigenvalue weighted by Gasteiger charge is 1.99. The molecule has 64 valence electrons. The fourth-order valence-corrected chi connectivity index (χ4v) is 1.00. The van der Waals surface area contributed by atoms with E-state index in [-0.39, 0.29) is 5.82 Å². The monoisotopic (exact) mass is 165 g/mol. The third-order valence-corrected chi connectivity index (χ3v) is 1.64. The number of hydrogen-bond acceptors (Lipinski definition) is 1. The Morgan fingerprint density at radius 3 is 3.00 bits per heavy atom. The Kier molecular flexibility index (Phi) is 2.97. The Balaban J connectivity index is 2.89. The summed E-state index contributed by atoms with van der Waals surface area (Å²) in [6, 6.07) is 1.77. The van der Waals surface area contributed by atoms with Crippen LogP contribution < -0.4 is 0 Å². The van der Waals surface area contributed by atoms with E-state index >= 15 is 0 Å². The minimum atomic E-state index is -0.223. The summed E-state index contributed by atoms with van der Waals surface area (Å²) in [5, 5.41) is 0. The molecule has 12 heavy (non-hydrogen) atoms. The Bertz CT molecular complexity index is 292. The maximum atomic E-state index is 13.0. The molecular formula is C10H12FN. The number of rotatable bonds is 2. The number of nitrogens with zero attached hydrogens (tertiary/aromatic N) is 1. The van der Waals surface area contributed by atoms with Crippen molar-refractivity contribution in [2.45, 2.75) is 20.3 Å². The molecule has 1 heterocycles. The zero-order valence-electron chi connectivity index (χ0n) is 7.34. The number of halogens is 1. The van der Waals surface area contributed by atoms with Crippen LogP contribution >= 0.6 is 0 Å². The van der Waals surface area contributed by atoms with Crippen LogP contribution in [0.5, 0.6) is 0 Å². The standard InChI is InChI=1S/C10H12FN/c1-3-4-5-9-6-8(2)12-7-10(9)11/h3-4,6-7H,5H2,1-2H3/b4-3+. The van der Waals surface area contributed by atoms with E-state index in [0.29, 0.717) is 12.0 Å². The summed E-state index contributed by atoms with van der Waals surface area (Å²) in [6.45, 7) is 3.78. The molecule has 0 aliphatic carbocycles. The highest BCUT2D eigenvalue weighted by Crippen LogP contribution is 2.08. The van der Waals surface area contributed by atoms with E-state index in [1.165, 1.54) is 6.20 Å². The van der Waals surface area contributed by atoms with Crippen LogP contribution in [0, 0.1) is 12.7 Å². The molecule has 0 spiro atoms. The predicted octanol–water partition coefficient (Wildman–Crippen LogP) is 2.65. The van der Waals surface area contributed by atoms with Gasteiger partial charge in [0.2, 0.25) is 0 Å². The Labute approximate surface area is 72.0 Å². The molecule has 0 atom stereocenters. The number of aromatic nitrogens is 1. The smallest absolute Gasteiger partial charge is 0.145 e. The summed E-state index contributed by atoms with van der Waals surface area (Å²) >= 11 is 0. The topological polar surface area (TPSA) is 12.9 Å². The average Bonchev–Trinajstić information content (AvgIpc) is 2.07. The second-order valence-corrected chi connectivity index (χ2v) is 2.69. The normalized spacial score (nSPS) is 10.9. The predicted molar refractivity (Wildman–Crippen MR) is 47.5 cm³/mol. The third-order valence-electron chi connectivity index (χ3n) is 1.64. The molecule has 0 aromatic carbocycles. The van der Waals surface area contributed by atoms with E-state index in [1.807, 2.05) is 26.0 Å². The molecular weight excluding hydrogens is 153 g/mol. The van der Waals surface area contributed by atoms with Crippen LogP contribution in [0.4, 0.5) is 4.39 Å². The molecule has 1 nitrogen and oxygen atoms in total. The molecule has 0 fully saturated rings. The van der Waals surface area contributed by atoms with Gasteiger partial charge < -0.3 is 0 Å². The van der Waals surface area contributed by atoms with Crippen molar-refractivity contribution in [3.8, 4) is 0 Å². The zero-order valence-corrected chi connectivity index (χ0v) is 7.34. The quantitative estimate of drug-likeness (QED) is 0.614. The van der Waals surface area contributed by atoms with Gasteiger partial charge in [-0.25, -0.2) is 4.39 Å². The van der Waals surface area contributed by atoms with Gasteiger partial charge in [-0.2, -0.15) is 0 Å². The fourth-order valence-electron chi connectivity index (χ4n) is 1.00. The third kappa shape index (κ3) is 2.16. The summed E-state index contributed by atoms with van der Waals surface area (Å²) in [5.74, 6) is -0.223. The van der Waals surface area contributed by atoms with Gasteiger partial charge in [-0.1, -0.05) is 12.2 Å². The lowest BCUT2D eigenvalue weighted by atomic mass is 10.1. The molecule has 0 amide bonds. The molecule has 0 bridgehead atoms. The summed E-state index contributed by atoms with van der Waals surface area (Å²) in [4.78, 5) is 3.85. The minimum absolute atomic E-state index is 0.223. The van der Waals surface area contributed by atoms with Gasteiger partial charge in [-0.05, 0) is 31.9 Å². The Morgan fingerprint density at radius 2 is 2.33 bits per heavy atom. The van der Waals surface area contributed by atoms with E-state index in [9.17, 15) is 4.39 Å².